The number of nitrogens with two attached hydrogens (primary N) is 1. The molecule has 0 bridgehead atoms. The first-order valence-electron chi connectivity index (χ1n) is 5.67. The van der Waals surface area contributed by atoms with E-state index >= 15 is 0 Å². The summed E-state index contributed by atoms with van der Waals surface area (Å²) in [5.74, 6) is -0.503. The number of nitro benzene ring substituents is 1. The number of hydrogen-bond donors (Lipinski definition) is 2. The number of amides is 1. The van der Waals surface area contributed by atoms with Crippen molar-refractivity contribution in [2.45, 2.75) is 6.54 Å². The molecule has 2 aromatic rings. The van der Waals surface area contributed by atoms with Crippen LogP contribution in [0.5, 0.6) is 0 Å². The third-order valence-corrected chi connectivity index (χ3v) is 2.58. The van der Waals surface area contributed by atoms with Crippen molar-refractivity contribution in [2.75, 3.05) is 5.73 Å². The van der Waals surface area contributed by atoms with Crippen LogP contribution in [0.25, 0.3) is 0 Å². The van der Waals surface area contributed by atoms with Crippen molar-refractivity contribution in [3.63, 3.8) is 0 Å². The number of carbonyl (C=O) groups is 1. The fourth-order valence-corrected chi connectivity index (χ4v) is 1.60. The summed E-state index contributed by atoms with van der Waals surface area (Å²) in [5, 5.41) is 20.8. The minimum absolute atomic E-state index is 0.0584. The lowest BCUT2D eigenvalue weighted by Gasteiger charge is -2.07. The Kier molecular flexibility index (Phi) is 3.85. The number of nitrogens with zero attached hydrogens (tertiary/aromatic N) is 3. The van der Waals surface area contributed by atoms with Crippen molar-refractivity contribution < 1.29 is 9.72 Å². The van der Waals surface area contributed by atoms with Crippen molar-refractivity contribution in [3.05, 3.63) is 57.9 Å². The summed E-state index contributed by atoms with van der Waals surface area (Å²) in [6.45, 7) is 0.162. The Morgan fingerprint density at radius 1 is 1.35 bits per heavy atom. The number of benzene rings is 1. The summed E-state index contributed by atoms with van der Waals surface area (Å²) >= 11 is 0. The molecule has 3 N–H and O–H groups in total. The highest BCUT2D eigenvalue weighted by molar-refractivity contribution is 6.00. The lowest BCUT2D eigenvalue weighted by Crippen LogP contribution is -2.24. The van der Waals surface area contributed by atoms with E-state index in [9.17, 15) is 14.9 Å². The van der Waals surface area contributed by atoms with Gasteiger partial charge in [0, 0.05) is 12.3 Å². The largest absolute Gasteiger partial charge is 0.393 e. The van der Waals surface area contributed by atoms with Crippen molar-refractivity contribution in [3.8, 4) is 0 Å². The summed E-state index contributed by atoms with van der Waals surface area (Å²) in [4.78, 5) is 22.1. The number of nitrogens with one attached hydrogen (secondary N) is 1. The van der Waals surface area contributed by atoms with Crippen molar-refractivity contribution in [2.24, 2.45) is 0 Å². The monoisotopic (exact) mass is 273 g/mol. The second kappa shape index (κ2) is 5.74. The normalized spacial score (nSPS) is 10.0. The van der Waals surface area contributed by atoms with Gasteiger partial charge in [-0.25, -0.2) is 0 Å². The zero-order chi connectivity index (χ0) is 14.5. The number of hydrogen-bond acceptors (Lipinski definition) is 6. The summed E-state index contributed by atoms with van der Waals surface area (Å²) in [6, 6.07) is 7.47. The number of nitrogen functional groups attached to an aromatic ring is 1. The Morgan fingerprint density at radius 3 is 2.80 bits per heavy atom. The van der Waals surface area contributed by atoms with Crippen molar-refractivity contribution >= 4 is 17.3 Å². The lowest BCUT2D eigenvalue weighted by molar-refractivity contribution is -0.383. The summed E-state index contributed by atoms with van der Waals surface area (Å²) < 4.78 is 0. The first-order chi connectivity index (χ1) is 9.59. The van der Waals surface area contributed by atoms with E-state index in [0.717, 1.165) is 0 Å². The van der Waals surface area contributed by atoms with Crippen LogP contribution >= 0.6 is 0 Å². The van der Waals surface area contributed by atoms with Crippen LogP contribution in [0.4, 0.5) is 11.4 Å². The van der Waals surface area contributed by atoms with Crippen LogP contribution in [0.2, 0.25) is 0 Å². The third kappa shape index (κ3) is 2.86. The maximum Gasteiger partial charge on any atom is 0.292 e. The third-order valence-electron chi connectivity index (χ3n) is 2.58. The molecule has 1 heterocycles. The number of carbonyl (C=O) groups excluding carboxylic acids is 1. The fourth-order valence-electron chi connectivity index (χ4n) is 1.60. The van der Waals surface area contributed by atoms with Crippen LogP contribution in [-0.2, 0) is 6.54 Å². The van der Waals surface area contributed by atoms with Gasteiger partial charge in [0.25, 0.3) is 11.6 Å². The Balaban J connectivity index is 2.14. The smallest absolute Gasteiger partial charge is 0.292 e. The SMILES string of the molecule is Nc1c(C(=O)NCc2cccnn2)cccc1[N+](=O)[O-]. The molecule has 8 heteroatoms. The van der Waals surface area contributed by atoms with E-state index in [1.54, 1.807) is 12.1 Å². The summed E-state index contributed by atoms with van der Waals surface area (Å²) in [6.07, 6.45) is 1.52. The highest BCUT2D eigenvalue weighted by Crippen LogP contribution is 2.24. The van der Waals surface area contributed by atoms with E-state index in [2.05, 4.69) is 15.5 Å². The fraction of sp³-hybridized carbons (Fsp3) is 0.0833. The molecule has 0 aliphatic rings. The molecule has 8 nitrogen and oxygen atoms in total. The quantitative estimate of drug-likeness (QED) is 0.484. The molecular formula is C12H11N5O3. The molecule has 1 aromatic carbocycles. The number of aromatic nitrogens is 2. The van der Waals surface area contributed by atoms with E-state index in [4.69, 9.17) is 5.73 Å². The first-order valence-corrected chi connectivity index (χ1v) is 5.67. The van der Waals surface area contributed by atoms with E-state index < -0.39 is 10.8 Å². The molecule has 0 atom stereocenters. The van der Waals surface area contributed by atoms with Gasteiger partial charge in [-0.05, 0) is 18.2 Å². The Hall–Kier alpha value is -3.03. The van der Waals surface area contributed by atoms with Crippen molar-refractivity contribution in [1.29, 1.82) is 0 Å². The van der Waals surface area contributed by atoms with Gasteiger partial charge in [-0.3, -0.25) is 14.9 Å². The molecule has 0 aliphatic heterocycles. The van der Waals surface area contributed by atoms with E-state index in [-0.39, 0.29) is 23.5 Å². The van der Waals surface area contributed by atoms with Gasteiger partial charge in [0.1, 0.15) is 5.69 Å². The van der Waals surface area contributed by atoms with E-state index in [0.29, 0.717) is 5.69 Å². The van der Waals surface area contributed by atoms with Gasteiger partial charge >= 0.3 is 0 Å². The number of rotatable bonds is 4. The lowest BCUT2D eigenvalue weighted by atomic mass is 10.1. The molecule has 1 aromatic heterocycles. The Morgan fingerprint density at radius 2 is 2.15 bits per heavy atom. The molecule has 0 spiro atoms. The maximum absolute atomic E-state index is 12.0. The molecule has 0 radical (unpaired) electrons. The second-order valence-electron chi connectivity index (χ2n) is 3.89. The molecule has 20 heavy (non-hydrogen) atoms. The minimum Gasteiger partial charge on any atom is -0.393 e. The topological polar surface area (TPSA) is 124 Å². The molecule has 0 aliphatic carbocycles. The Labute approximate surface area is 113 Å². The Bertz CT molecular complexity index is 645. The van der Waals surface area contributed by atoms with Crippen LogP contribution < -0.4 is 11.1 Å². The molecule has 2 rings (SSSR count). The van der Waals surface area contributed by atoms with E-state index in [1.807, 2.05) is 0 Å². The van der Waals surface area contributed by atoms with E-state index in [1.165, 1.54) is 24.4 Å². The molecule has 0 unspecified atom stereocenters. The average molecular weight is 273 g/mol. The van der Waals surface area contributed by atoms with Crippen LogP contribution in [0.15, 0.2) is 36.5 Å². The molecular weight excluding hydrogens is 262 g/mol. The second-order valence-corrected chi connectivity index (χ2v) is 3.89. The van der Waals surface area contributed by atoms with Gasteiger partial charge in [-0.15, -0.1) is 0 Å². The standard InChI is InChI=1S/C12H11N5O3/c13-11-9(4-1-5-10(11)17(19)20)12(18)14-7-8-3-2-6-15-16-8/h1-6H,7,13H2,(H,14,18). The van der Waals surface area contributed by atoms with Crippen LogP contribution in [0, 0.1) is 10.1 Å². The minimum atomic E-state index is -0.630. The molecule has 1 amide bonds. The number of para-hydroxylation sites is 1. The van der Waals surface area contributed by atoms with Gasteiger partial charge in [0.2, 0.25) is 0 Å². The molecule has 0 fully saturated rings. The first kappa shape index (κ1) is 13.4. The highest BCUT2D eigenvalue weighted by Gasteiger charge is 2.18. The highest BCUT2D eigenvalue weighted by atomic mass is 16.6. The van der Waals surface area contributed by atoms with Gasteiger partial charge in [-0.2, -0.15) is 10.2 Å². The van der Waals surface area contributed by atoms with Crippen LogP contribution in [0.1, 0.15) is 16.1 Å². The van der Waals surface area contributed by atoms with Gasteiger partial charge in [-0.1, -0.05) is 6.07 Å². The zero-order valence-corrected chi connectivity index (χ0v) is 10.3. The van der Waals surface area contributed by atoms with Gasteiger partial charge in [0.15, 0.2) is 0 Å². The number of anilines is 1. The van der Waals surface area contributed by atoms with Crippen LogP contribution in [0.3, 0.4) is 0 Å². The average Bonchev–Trinajstić information content (AvgIpc) is 2.46. The summed E-state index contributed by atoms with van der Waals surface area (Å²) in [7, 11) is 0. The predicted molar refractivity (Wildman–Crippen MR) is 70.7 cm³/mol. The van der Waals surface area contributed by atoms with Crippen molar-refractivity contribution in [1.82, 2.24) is 15.5 Å². The van der Waals surface area contributed by atoms with Crippen LogP contribution in [-0.4, -0.2) is 21.0 Å². The molecule has 102 valence electrons. The zero-order valence-electron chi connectivity index (χ0n) is 10.3. The molecule has 0 saturated heterocycles. The van der Waals surface area contributed by atoms with Gasteiger partial charge < -0.3 is 11.1 Å². The summed E-state index contributed by atoms with van der Waals surface area (Å²) in [5.41, 5.74) is 5.80. The maximum atomic E-state index is 12.0. The number of nitro groups is 1. The van der Waals surface area contributed by atoms with Gasteiger partial charge in [0.05, 0.1) is 22.7 Å². The molecule has 0 saturated carbocycles. The predicted octanol–water partition coefficient (Wildman–Crippen LogP) is 0.897.